The topological polar surface area (TPSA) is 84.4 Å². The molecule has 0 fully saturated rings. The van der Waals surface area contributed by atoms with Gasteiger partial charge in [-0.1, -0.05) is 6.92 Å². The van der Waals surface area contributed by atoms with E-state index in [0.717, 1.165) is 6.42 Å². The Kier molecular flexibility index (Phi) is 4.51. The van der Waals surface area contributed by atoms with E-state index in [1.54, 1.807) is 18.9 Å². The van der Waals surface area contributed by atoms with Gasteiger partial charge in [0, 0.05) is 20.1 Å². The van der Waals surface area contributed by atoms with Crippen LogP contribution in [-0.4, -0.2) is 45.4 Å². The number of aliphatic hydroxyl groups excluding tert-OH is 1. The Labute approximate surface area is 101 Å². The predicted octanol–water partition coefficient (Wildman–Crippen LogP) is 0.155. The second-order valence-electron chi connectivity index (χ2n) is 3.99. The van der Waals surface area contributed by atoms with Crippen LogP contribution < -0.4 is 5.73 Å². The molecule has 0 aromatic carbocycles. The molecule has 0 atom stereocenters. The lowest BCUT2D eigenvalue weighted by Gasteiger charge is -2.21. The molecule has 1 heterocycles. The van der Waals surface area contributed by atoms with Crippen LogP contribution in [0.4, 0.5) is 5.69 Å². The smallest absolute Gasteiger partial charge is 0.274 e. The first-order valence-electron chi connectivity index (χ1n) is 5.72. The number of rotatable bonds is 5. The number of hydrogen-bond donors (Lipinski definition) is 2. The van der Waals surface area contributed by atoms with Crippen molar-refractivity contribution in [2.45, 2.75) is 20.3 Å². The van der Waals surface area contributed by atoms with Crippen molar-refractivity contribution in [2.24, 2.45) is 7.05 Å². The van der Waals surface area contributed by atoms with Gasteiger partial charge in [0.05, 0.1) is 18.0 Å². The lowest BCUT2D eigenvalue weighted by Crippen LogP contribution is -2.35. The quantitative estimate of drug-likeness (QED) is 0.767. The molecule has 6 heteroatoms. The number of aromatic nitrogens is 2. The van der Waals surface area contributed by atoms with Gasteiger partial charge in [0.25, 0.3) is 5.91 Å². The van der Waals surface area contributed by atoms with Crippen LogP contribution in [0.5, 0.6) is 0 Å². The summed E-state index contributed by atoms with van der Waals surface area (Å²) >= 11 is 0. The van der Waals surface area contributed by atoms with Crippen LogP contribution in [0.15, 0.2) is 0 Å². The maximum Gasteiger partial charge on any atom is 0.274 e. The van der Waals surface area contributed by atoms with Gasteiger partial charge in [-0.2, -0.15) is 5.10 Å². The van der Waals surface area contributed by atoms with Gasteiger partial charge >= 0.3 is 0 Å². The average Bonchev–Trinajstić information content (AvgIpc) is 2.52. The van der Waals surface area contributed by atoms with Gasteiger partial charge in [0.15, 0.2) is 0 Å². The maximum absolute atomic E-state index is 12.3. The molecule has 1 aromatic rings. The van der Waals surface area contributed by atoms with Crippen LogP contribution in [0, 0.1) is 6.92 Å². The fourth-order valence-electron chi connectivity index (χ4n) is 1.78. The second kappa shape index (κ2) is 5.67. The molecular weight excluding hydrogens is 220 g/mol. The summed E-state index contributed by atoms with van der Waals surface area (Å²) in [7, 11) is 1.69. The SMILES string of the molecule is CCCN(CCO)C(=O)c1c(N)c(C)nn1C. The summed E-state index contributed by atoms with van der Waals surface area (Å²) in [6.07, 6.45) is 0.836. The van der Waals surface area contributed by atoms with Crippen molar-refractivity contribution in [3.05, 3.63) is 11.4 Å². The monoisotopic (exact) mass is 240 g/mol. The zero-order chi connectivity index (χ0) is 13.0. The predicted molar refractivity (Wildman–Crippen MR) is 65.6 cm³/mol. The van der Waals surface area contributed by atoms with Gasteiger partial charge < -0.3 is 15.7 Å². The minimum Gasteiger partial charge on any atom is -0.395 e. The normalized spacial score (nSPS) is 10.6. The number of aliphatic hydroxyl groups is 1. The van der Waals surface area contributed by atoms with E-state index in [-0.39, 0.29) is 12.5 Å². The Morgan fingerprint density at radius 2 is 2.18 bits per heavy atom. The van der Waals surface area contributed by atoms with Crippen molar-refractivity contribution < 1.29 is 9.90 Å². The summed E-state index contributed by atoms with van der Waals surface area (Å²) in [6, 6.07) is 0. The Balaban J connectivity index is 3.00. The van der Waals surface area contributed by atoms with E-state index in [1.165, 1.54) is 4.68 Å². The molecule has 0 spiro atoms. The lowest BCUT2D eigenvalue weighted by atomic mass is 10.2. The Morgan fingerprint density at radius 1 is 1.53 bits per heavy atom. The van der Waals surface area contributed by atoms with Gasteiger partial charge in [-0.3, -0.25) is 9.48 Å². The van der Waals surface area contributed by atoms with Gasteiger partial charge in [0.1, 0.15) is 5.69 Å². The first kappa shape index (κ1) is 13.5. The molecule has 0 bridgehead atoms. The molecule has 1 amide bonds. The fraction of sp³-hybridized carbons (Fsp3) is 0.636. The Morgan fingerprint density at radius 3 is 2.59 bits per heavy atom. The van der Waals surface area contributed by atoms with Crippen molar-refractivity contribution in [2.75, 3.05) is 25.4 Å². The van der Waals surface area contributed by atoms with Crippen LogP contribution in [-0.2, 0) is 7.05 Å². The number of carbonyl (C=O) groups is 1. The molecule has 6 nitrogen and oxygen atoms in total. The molecule has 0 aliphatic heterocycles. The van der Waals surface area contributed by atoms with Crippen molar-refractivity contribution in [3.8, 4) is 0 Å². The molecule has 96 valence electrons. The molecule has 0 aliphatic carbocycles. The Bertz CT molecular complexity index is 394. The molecule has 1 rings (SSSR count). The molecular formula is C11H20N4O2. The third kappa shape index (κ3) is 2.76. The van der Waals surface area contributed by atoms with Crippen molar-refractivity contribution in [3.63, 3.8) is 0 Å². The maximum atomic E-state index is 12.3. The number of nitrogens with two attached hydrogens (primary N) is 1. The van der Waals surface area contributed by atoms with E-state index in [2.05, 4.69) is 5.10 Å². The second-order valence-corrected chi connectivity index (χ2v) is 3.99. The number of nitrogens with zero attached hydrogens (tertiary/aromatic N) is 3. The molecule has 17 heavy (non-hydrogen) atoms. The van der Waals surface area contributed by atoms with Crippen molar-refractivity contribution in [1.29, 1.82) is 0 Å². The summed E-state index contributed by atoms with van der Waals surface area (Å²) < 4.78 is 1.49. The standard InChI is InChI=1S/C11H20N4O2/c1-4-5-15(6-7-16)11(17)10-9(12)8(2)13-14(10)3/h16H,4-7,12H2,1-3H3. The van der Waals surface area contributed by atoms with E-state index in [1.807, 2.05) is 6.92 Å². The molecule has 3 N–H and O–H groups in total. The number of nitrogen functional groups attached to an aromatic ring is 1. The molecule has 0 unspecified atom stereocenters. The highest BCUT2D eigenvalue weighted by Crippen LogP contribution is 2.17. The number of anilines is 1. The molecule has 0 saturated carbocycles. The first-order valence-corrected chi connectivity index (χ1v) is 5.72. The van der Waals surface area contributed by atoms with Gasteiger partial charge in [-0.05, 0) is 13.3 Å². The molecule has 0 radical (unpaired) electrons. The van der Waals surface area contributed by atoms with Gasteiger partial charge in [-0.15, -0.1) is 0 Å². The highest BCUT2D eigenvalue weighted by molar-refractivity contribution is 5.97. The van der Waals surface area contributed by atoms with Crippen LogP contribution in [0.3, 0.4) is 0 Å². The number of hydrogen-bond acceptors (Lipinski definition) is 4. The van der Waals surface area contributed by atoms with Crippen LogP contribution in [0.25, 0.3) is 0 Å². The highest BCUT2D eigenvalue weighted by Gasteiger charge is 2.22. The van der Waals surface area contributed by atoms with E-state index >= 15 is 0 Å². The lowest BCUT2D eigenvalue weighted by molar-refractivity contribution is 0.0712. The number of carbonyl (C=O) groups excluding carboxylic acids is 1. The van der Waals surface area contributed by atoms with Crippen LogP contribution >= 0.6 is 0 Å². The minimum atomic E-state index is -0.179. The molecule has 0 saturated heterocycles. The average molecular weight is 240 g/mol. The summed E-state index contributed by atoms with van der Waals surface area (Å²) in [4.78, 5) is 13.8. The zero-order valence-corrected chi connectivity index (χ0v) is 10.6. The molecule has 1 aromatic heterocycles. The third-order valence-corrected chi connectivity index (χ3v) is 2.62. The largest absolute Gasteiger partial charge is 0.395 e. The Hall–Kier alpha value is -1.56. The zero-order valence-electron chi connectivity index (χ0n) is 10.6. The minimum absolute atomic E-state index is 0.0531. The van der Waals surface area contributed by atoms with Crippen molar-refractivity contribution >= 4 is 11.6 Å². The summed E-state index contributed by atoms with van der Waals surface area (Å²) in [5, 5.41) is 13.1. The summed E-state index contributed by atoms with van der Waals surface area (Å²) in [6.45, 7) is 4.61. The van der Waals surface area contributed by atoms with E-state index in [4.69, 9.17) is 10.8 Å². The van der Waals surface area contributed by atoms with E-state index in [0.29, 0.717) is 30.2 Å². The first-order chi connectivity index (χ1) is 8.02. The van der Waals surface area contributed by atoms with Gasteiger partial charge in [-0.25, -0.2) is 0 Å². The fourth-order valence-corrected chi connectivity index (χ4v) is 1.78. The van der Waals surface area contributed by atoms with Crippen molar-refractivity contribution in [1.82, 2.24) is 14.7 Å². The number of aryl methyl sites for hydroxylation is 2. The third-order valence-electron chi connectivity index (χ3n) is 2.62. The van der Waals surface area contributed by atoms with Crippen LogP contribution in [0.2, 0.25) is 0 Å². The molecule has 0 aliphatic rings. The van der Waals surface area contributed by atoms with Gasteiger partial charge in [0.2, 0.25) is 0 Å². The summed E-state index contributed by atoms with van der Waals surface area (Å²) in [5.74, 6) is -0.179. The van der Waals surface area contributed by atoms with Crippen LogP contribution in [0.1, 0.15) is 29.5 Å². The summed E-state index contributed by atoms with van der Waals surface area (Å²) in [5.41, 5.74) is 7.30. The van der Waals surface area contributed by atoms with E-state index in [9.17, 15) is 4.79 Å². The van der Waals surface area contributed by atoms with E-state index < -0.39 is 0 Å². The number of amides is 1. The highest BCUT2D eigenvalue weighted by atomic mass is 16.3.